The lowest BCUT2D eigenvalue weighted by atomic mass is 10.1. The molecule has 2 N–H and O–H groups in total. The number of benzene rings is 1. The summed E-state index contributed by atoms with van der Waals surface area (Å²) in [7, 11) is 0. The van der Waals surface area contributed by atoms with Gasteiger partial charge in [0.15, 0.2) is 0 Å². The molecule has 2 aromatic rings. The van der Waals surface area contributed by atoms with Crippen molar-refractivity contribution in [2.24, 2.45) is 0 Å². The average molecular weight is 286 g/mol. The molecule has 0 spiro atoms. The lowest BCUT2D eigenvalue weighted by Gasteiger charge is -2.27. The number of carbonyl (C=O) groups is 1. The van der Waals surface area contributed by atoms with Gasteiger partial charge in [0.05, 0.1) is 6.54 Å². The molecule has 0 atom stereocenters. The first-order chi connectivity index (χ1) is 10.1. The van der Waals surface area contributed by atoms with E-state index in [2.05, 4.69) is 28.9 Å². The Labute approximate surface area is 124 Å². The van der Waals surface area contributed by atoms with Crippen LogP contribution in [-0.4, -0.2) is 33.5 Å². The van der Waals surface area contributed by atoms with Crippen molar-refractivity contribution in [3.63, 3.8) is 0 Å². The number of hydrogen-bond acceptors (Lipinski definition) is 2. The van der Waals surface area contributed by atoms with Gasteiger partial charge < -0.3 is 10.1 Å². The van der Waals surface area contributed by atoms with E-state index in [1.54, 1.807) is 0 Å². The molecule has 1 aromatic heterocycles. The van der Waals surface area contributed by atoms with E-state index in [0.29, 0.717) is 12.6 Å². The smallest absolute Gasteiger partial charge is 0.317 e. The van der Waals surface area contributed by atoms with Gasteiger partial charge in [-0.05, 0) is 31.4 Å². The zero-order chi connectivity index (χ0) is 14.8. The number of aromatic amines is 1. The van der Waals surface area contributed by atoms with Crippen molar-refractivity contribution in [2.45, 2.75) is 45.2 Å². The average Bonchev–Trinajstić information content (AvgIpc) is 3.06. The highest BCUT2D eigenvalue weighted by molar-refractivity contribution is 5.84. The number of para-hydroxylation sites is 1. The van der Waals surface area contributed by atoms with Gasteiger partial charge >= 0.3 is 5.97 Å². The fraction of sp³-hybridized carbons (Fsp3) is 0.471. The SMILES string of the molecule is Cc1[nH]c2ccccc2c1CN(CC(=O)O)C1CCCC1. The Balaban J connectivity index is 1.89. The zero-order valence-corrected chi connectivity index (χ0v) is 12.4. The Hall–Kier alpha value is -1.81. The number of hydrogen-bond donors (Lipinski definition) is 2. The van der Waals surface area contributed by atoms with E-state index in [4.69, 9.17) is 0 Å². The molecule has 0 unspecified atom stereocenters. The van der Waals surface area contributed by atoms with Gasteiger partial charge in [-0.2, -0.15) is 0 Å². The number of aromatic nitrogens is 1. The summed E-state index contributed by atoms with van der Waals surface area (Å²) in [6.45, 7) is 2.92. The van der Waals surface area contributed by atoms with Gasteiger partial charge in [-0.1, -0.05) is 31.0 Å². The molecule has 112 valence electrons. The van der Waals surface area contributed by atoms with Crippen LogP contribution in [-0.2, 0) is 11.3 Å². The van der Waals surface area contributed by atoms with Crippen LogP contribution in [0, 0.1) is 6.92 Å². The predicted molar refractivity (Wildman–Crippen MR) is 83.3 cm³/mol. The maximum atomic E-state index is 11.2. The van der Waals surface area contributed by atoms with E-state index in [1.165, 1.54) is 23.8 Å². The summed E-state index contributed by atoms with van der Waals surface area (Å²) in [5.74, 6) is -0.737. The monoisotopic (exact) mass is 286 g/mol. The lowest BCUT2D eigenvalue weighted by molar-refractivity contribution is -0.139. The molecule has 0 saturated heterocycles. The summed E-state index contributed by atoms with van der Waals surface area (Å²) in [5.41, 5.74) is 3.51. The van der Waals surface area contributed by atoms with Crippen LogP contribution < -0.4 is 0 Å². The second-order valence-corrected chi connectivity index (χ2v) is 6.01. The van der Waals surface area contributed by atoms with Gasteiger partial charge in [0.2, 0.25) is 0 Å². The molecule has 1 aliphatic rings. The minimum absolute atomic E-state index is 0.129. The minimum Gasteiger partial charge on any atom is -0.480 e. The topological polar surface area (TPSA) is 56.3 Å². The first-order valence-electron chi connectivity index (χ1n) is 7.67. The molecule has 4 heteroatoms. The third-order valence-electron chi connectivity index (χ3n) is 4.57. The summed E-state index contributed by atoms with van der Waals surface area (Å²) >= 11 is 0. The van der Waals surface area contributed by atoms with E-state index < -0.39 is 5.97 Å². The van der Waals surface area contributed by atoms with Gasteiger partial charge in [-0.3, -0.25) is 9.69 Å². The van der Waals surface area contributed by atoms with Crippen molar-refractivity contribution in [3.8, 4) is 0 Å². The Morgan fingerprint density at radius 2 is 2.05 bits per heavy atom. The molecular weight excluding hydrogens is 264 g/mol. The Kier molecular flexibility index (Phi) is 3.97. The molecule has 1 saturated carbocycles. The molecule has 0 amide bonds. The van der Waals surface area contributed by atoms with Crippen LogP contribution in [0.5, 0.6) is 0 Å². The van der Waals surface area contributed by atoms with Crippen LogP contribution >= 0.6 is 0 Å². The molecule has 21 heavy (non-hydrogen) atoms. The summed E-state index contributed by atoms with van der Waals surface area (Å²) in [6.07, 6.45) is 4.67. The van der Waals surface area contributed by atoms with Gasteiger partial charge in [-0.25, -0.2) is 0 Å². The fourth-order valence-electron chi connectivity index (χ4n) is 3.50. The van der Waals surface area contributed by atoms with E-state index in [0.717, 1.165) is 24.1 Å². The van der Waals surface area contributed by atoms with Gasteiger partial charge in [-0.15, -0.1) is 0 Å². The molecule has 1 aromatic carbocycles. The van der Waals surface area contributed by atoms with Crippen LogP contribution in [0.4, 0.5) is 0 Å². The lowest BCUT2D eigenvalue weighted by Crippen LogP contribution is -2.37. The number of carboxylic acid groups (broad SMARTS) is 1. The first-order valence-corrected chi connectivity index (χ1v) is 7.67. The van der Waals surface area contributed by atoms with E-state index in [1.807, 2.05) is 12.1 Å². The number of aliphatic carboxylic acids is 1. The molecule has 1 fully saturated rings. The maximum absolute atomic E-state index is 11.2. The number of nitrogens with one attached hydrogen (secondary N) is 1. The zero-order valence-electron chi connectivity index (χ0n) is 12.4. The predicted octanol–water partition coefficient (Wildman–Crippen LogP) is 3.31. The number of aryl methyl sites for hydroxylation is 1. The van der Waals surface area contributed by atoms with Crippen LogP contribution in [0.3, 0.4) is 0 Å². The molecule has 0 aliphatic heterocycles. The fourth-order valence-corrected chi connectivity index (χ4v) is 3.50. The van der Waals surface area contributed by atoms with Crippen molar-refractivity contribution >= 4 is 16.9 Å². The third kappa shape index (κ3) is 2.95. The molecule has 1 heterocycles. The second kappa shape index (κ2) is 5.90. The summed E-state index contributed by atoms with van der Waals surface area (Å²) < 4.78 is 0. The quantitative estimate of drug-likeness (QED) is 0.886. The highest BCUT2D eigenvalue weighted by atomic mass is 16.4. The first kappa shape index (κ1) is 14.1. The number of nitrogens with zero attached hydrogens (tertiary/aromatic N) is 1. The minimum atomic E-state index is -0.737. The van der Waals surface area contributed by atoms with Gasteiger partial charge in [0, 0.05) is 29.2 Å². The Bertz CT molecular complexity index is 641. The van der Waals surface area contributed by atoms with Crippen molar-refractivity contribution in [1.29, 1.82) is 0 Å². The highest BCUT2D eigenvalue weighted by Crippen LogP contribution is 2.28. The van der Waals surface area contributed by atoms with E-state index >= 15 is 0 Å². The number of fused-ring (bicyclic) bond motifs is 1. The van der Waals surface area contributed by atoms with Crippen LogP contribution in [0.15, 0.2) is 24.3 Å². The number of rotatable bonds is 5. The van der Waals surface area contributed by atoms with Gasteiger partial charge in [0.1, 0.15) is 0 Å². The molecular formula is C17H22N2O2. The van der Waals surface area contributed by atoms with Crippen LogP contribution in [0.25, 0.3) is 10.9 Å². The normalized spacial score (nSPS) is 16.1. The van der Waals surface area contributed by atoms with Crippen LogP contribution in [0.1, 0.15) is 36.9 Å². The molecule has 3 rings (SSSR count). The van der Waals surface area contributed by atoms with Crippen molar-refractivity contribution in [1.82, 2.24) is 9.88 Å². The second-order valence-electron chi connectivity index (χ2n) is 6.01. The van der Waals surface area contributed by atoms with Crippen LogP contribution in [0.2, 0.25) is 0 Å². The summed E-state index contributed by atoms with van der Waals surface area (Å²) in [4.78, 5) is 16.7. The van der Waals surface area contributed by atoms with Gasteiger partial charge in [0.25, 0.3) is 0 Å². The number of H-pyrrole nitrogens is 1. The highest BCUT2D eigenvalue weighted by Gasteiger charge is 2.25. The Morgan fingerprint density at radius 1 is 1.33 bits per heavy atom. The summed E-state index contributed by atoms with van der Waals surface area (Å²) in [5, 5.41) is 10.4. The maximum Gasteiger partial charge on any atom is 0.317 e. The largest absolute Gasteiger partial charge is 0.480 e. The molecule has 0 bridgehead atoms. The number of carboxylic acids is 1. The van der Waals surface area contributed by atoms with E-state index in [9.17, 15) is 9.90 Å². The summed E-state index contributed by atoms with van der Waals surface area (Å²) in [6, 6.07) is 8.66. The molecule has 4 nitrogen and oxygen atoms in total. The molecule has 1 aliphatic carbocycles. The Morgan fingerprint density at radius 3 is 2.76 bits per heavy atom. The van der Waals surface area contributed by atoms with Crippen molar-refractivity contribution in [3.05, 3.63) is 35.5 Å². The van der Waals surface area contributed by atoms with E-state index in [-0.39, 0.29) is 6.54 Å². The van der Waals surface area contributed by atoms with Crippen molar-refractivity contribution in [2.75, 3.05) is 6.54 Å². The molecule has 0 radical (unpaired) electrons. The third-order valence-corrected chi connectivity index (χ3v) is 4.57. The standard InChI is InChI=1S/C17H22N2O2/c1-12-15(14-8-4-5-9-16(14)18-12)10-19(11-17(20)21)13-6-2-3-7-13/h4-5,8-9,13,18H,2-3,6-7,10-11H2,1H3,(H,20,21). The van der Waals surface area contributed by atoms with Crippen molar-refractivity contribution < 1.29 is 9.90 Å².